The first-order valence-electron chi connectivity index (χ1n) is 6.38. The van der Waals surface area contributed by atoms with Crippen molar-refractivity contribution in [2.24, 2.45) is 0 Å². The zero-order valence-corrected chi connectivity index (χ0v) is 10.2. The van der Waals surface area contributed by atoms with Crippen molar-refractivity contribution < 1.29 is 4.79 Å². The highest BCUT2D eigenvalue weighted by atomic mass is 16.2. The Hall–Kier alpha value is -1.51. The SMILES string of the molecule is CN1c2ccccc2C(=O)NC12CCCCC2. The number of nitrogens with one attached hydrogen (secondary N) is 1. The van der Waals surface area contributed by atoms with E-state index in [-0.39, 0.29) is 11.6 Å². The predicted molar refractivity (Wildman–Crippen MR) is 68.1 cm³/mol. The molecule has 1 fully saturated rings. The second-order valence-corrected chi connectivity index (χ2v) is 5.12. The molecular formula is C14H18N2O. The van der Waals surface area contributed by atoms with Crippen LogP contribution in [0.2, 0.25) is 0 Å². The summed E-state index contributed by atoms with van der Waals surface area (Å²) in [6.07, 6.45) is 5.81. The lowest BCUT2D eigenvalue weighted by Gasteiger charge is -2.49. The zero-order chi connectivity index (χ0) is 11.9. The molecule has 1 aliphatic carbocycles. The number of carbonyl (C=O) groups is 1. The van der Waals surface area contributed by atoms with Crippen LogP contribution >= 0.6 is 0 Å². The summed E-state index contributed by atoms with van der Waals surface area (Å²) in [6.45, 7) is 0. The summed E-state index contributed by atoms with van der Waals surface area (Å²) in [7, 11) is 2.10. The fourth-order valence-electron chi connectivity index (χ4n) is 3.15. The Bertz CT molecular complexity index is 449. The van der Waals surface area contributed by atoms with Gasteiger partial charge in [0.1, 0.15) is 5.66 Å². The molecule has 1 amide bonds. The van der Waals surface area contributed by atoms with Gasteiger partial charge in [-0.1, -0.05) is 18.6 Å². The molecular weight excluding hydrogens is 212 g/mol. The molecule has 1 N–H and O–H groups in total. The summed E-state index contributed by atoms with van der Waals surface area (Å²) >= 11 is 0. The number of para-hydroxylation sites is 1. The first kappa shape index (κ1) is 10.6. The molecule has 17 heavy (non-hydrogen) atoms. The topological polar surface area (TPSA) is 32.3 Å². The van der Waals surface area contributed by atoms with Gasteiger partial charge in [-0.25, -0.2) is 0 Å². The lowest BCUT2D eigenvalue weighted by atomic mass is 9.85. The number of carbonyl (C=O) groups excluding carboxylic acids is 1. The van der Waals surface area contributed by atoms with Crippen molar-refractivity contribution in [1.29, 1.82) is 0 Å². The maximum atomic E-state index is 12.2. The minimum atomic E-state index is -0.135. The largest absolute Gasteiger partial charge is 0.351 e. The third kappa shape index (κ3) is 1.53. The molecule has 1 heterocycles. The van der Waals surface area contributed by atoms with Crippen molar-refractivity contribution >= 4 is 11.6 Å². The van der Waals surface area contributed by atoms with E-state index in [1.54, 1.807) is 0 Å². The van der Waals surface area contributed by atoms with Crippen LogP contribution in [0.5, 0.6) is 0 Å². The number of rotatable bonds is 0. The van der Waals surface area contributed by atoms with E-state index in [1.807, 2.05) is 24.3 Å². The van der Waals surface area contributed by atoms with Gasteiger partial charge in [-0.3, -0.25) is 4.79 Å². The second kappa shape index (κ2) is 3.76. The van der Waals surface area contributed by atoms with Crippen molar-refractivity contribution in [2.45, 2.75) is 37.8 Å². The minimum Gasteiger partial charge on any atom is -0.351 e. The Morgan fingerprint density at radius 3 is 2.65 bits per heavy atom. The van der Waals surface area contributed by atoms with Crippen LogP contribution in [0.1, 0.15) is 42.5 Å². The van der Waals surface area contributed by atoms with Crippen molar-refractivity contribution in [3.63, 3.8) is 0 Å². The van der Waals surface area contributed by atoms with E-state index in [2.05, 4.69) is 17.3 Å². The average Bonchev–Trinajstić information content (AvgIpc) is 2.37. The molecule has 0 unspecified atom stereocenters. The van der Waals surface area contributed by atoms with Crippen molar-refractivity contribution in [3.05, 3.63) is 29.8 Å². The lowest BCUT2D eigenvalue weighted by Crippen LogP contribution is -2.63. The monoisotopic (exact) mass is 230 g/mol. The second-order valence-electron chi connectivity index (χ2n) is 5.12. The fraction of sp³-hybridized carbons (Fsp3) is 0.500. The van der Waals surface area contributed by atoms with Gasteiger partial charge in [0.2, 0.25) is 0 Å². The molecule has 1 aliphatic heterocycles. The van der Waals surface area contributed by atoms with Gasteiger partial charge in [0.05, 0.1) is 11.3 Å². The number of nitrogens with zero attached hydrogens (tertiary/aromatic N) is 1. The third-order valence-electron chi connectivity index (χ3n) is 4.18. The molecule has 2 aliphatic rings. The van der Waals surface area contributed by atoms with Crippen LogP contribution in [0.15, 0.2) is 24.3 Å². The molecule has 90 valence electrons. The fourth-order valence-corrected chi connectivity index (χ4v) is 3.15. The molecule has 0 atom stereocenters. The maximum Gasteiger partial charge on any atom is 0.255 e. The first-order chi connectivity index (χ1) is 8.23. The molecule has 0 bridgehead atoms. The van der Waals surface area contributed by atoms with Gasteiger partial charge >= 0.3 is 0 Å². The number of anilines is 1. The Balaban J connectivity index is 2.05. The highest BCUT2D eigenvalue weighted by Gasteiger charge is 2.42. The van der Waals surface area contributed by atoms with Gasteiger partial charge in [-0.15, -0.1) is 0 Å². The smallest absolute Gasteiger partial charge is 0.255 e. The zero-order valence-electron chi connectivity index (χ0n) is 10.2. The molecule has 1 saturated carbocycles. The molecule has 0 saturated heterocycles. The molecule has 0 radical (unpaired) electrons. The summed E-state index contributed by atoms with van der Waals surface area (Å²) < 4.78 is 0. The van der Waals surface area contributed by atoms with E-state index in [4.69, 9.17) is 0 Å². The maximum absolute atomic E-state index is 12.2. The van der Waals surface area contributed by atoms with E-state index in [9.17, 15) is 4.79 Å². The normalized spacial score (nSPS) is 22.2. The summed E-state index contributed by atoms with van der Waals surface area (Å²) in [5.74, 6) is 0.0839. The minimum absolute atomic E-state index is 0.0839. The van der Waals surface area contributed by atoms with Crippen LogP contribution in [0.3, 0.4) is 0 Å². The molecule has 3 rings (SSSR count). The van der Waals surface area contributed by atoms with Crippen LogP contribution in [-0.4, -0.2) is 18.6 Å². The number of benzene rings is 1. The molecule has 0 aromatic heterocycles. The first-order valence-corrected chi connectivity index (χ1v) is 6.38. The van der Waals surface area contributed by atoms with Crippen LogP contribution in [0.25, 0.3) is 0 Å². The Morgan fingerprint density at radius 1 is 1.18 bits per heavy atom. The summed E-state index contributed by atoms with van der Waals surface area (Å²) in [6, 6.07) is 7.87. The van der Waals surface area contributed by atoms with Gasteiger partial charge < -0.3 is 10.2 Å². The van der Waals surface area contributed by atoms with Crippen molar-refractivity contribution in [2.75, 3.05) is 11.9 Å². The lowest BCUT2D eigenvalue weighted by molar-refractivity contribution is 0.0849. The van der Waals surface area contributed by atoms with Gasteiger partial charge in [0.25, 0.3) is 5.91 Å². The van der Waals surface area contributed by atoms with Gasteiger partial charge in [0, 0.05) is 7.05 Å². The molecule has 1 aromatic rings. The number of fused-ring (bicyclic) bond motifs is 1. The molecule has 3 nitrogen and oxygen atoms in total. The van der Waals surface area contributed by atoms with Crippen LogP contribution in [-0.2, 0) is 0 Å². The Labute approximate surface area is 102 Å². The van der Waals surface area contributed by atoms with E-state index in [1.165, 1.54) is 19.3 Å². The van der Waals surface area contributed by atoms with Crippen LogP contribution < -0.4 is 10.2 Å². The van der Waals surface area contributed by atoms with E-state index < -0.39 is 0 Å². The van der Waals surface area contributed by atoms with Crippen molar-refractivity contribution in [1.82, 2.24) is 5.32 Å². The highest BCUT2D eigenvalue weighted by Crippen LogP contribution is 2.38. The molecule has 1 spiro atoms. The van der Waals surface area contributed by atoms with Gasteiger partial charge in [-0.05, 0) is 37.8 Å². The molecule has 3 heteroatoms. The standard InChI is InChI=1S/C14H18N2O/c1-16-12-8-4-3-7-11(12)13(17)15-14(16)9-5-2-6-10-14/h3-4,7-8H,2,5-6,9-10H2,1H3,(H,15,17). The van der Waals surface area contributed by atoms with Crippen LogP contribution in [0, 0.1) is 0 Å². The Morgan fingerprint density at radius 2 is 1.88 bits per heavy atom. The quantitative estimate of drug-likeness (QED) is 0.742. The van der Waals surface area contributed by atoms with E-state index in [0.717, 1.165) is 24.1 Å². The Kier molecular flexibility index (Phi) is 2.35. The van der Waals surface area contributed by atoms with E-state index in [0.29, 0.717) is 0 Å². The van der Waals surface area contributed by atoms with Crippen molar-refractivity contribution in [3.8, 4) is 0 Å². The number of amides is 1. The molecule has 1 aromatic carbocycles. The van der Waals surface area contributed by atoms with Gasteiger partial charge in [0.15, 0.2) is 0 Å². The summed E-state index contributed by atoms with van der Waals surface area (Å²) in [5, 5.41) is 3.22. The number of hydrogen-bond donors (Lipinski definition) is 1. The summed E-state index contributed by atoms with van der Waals surface area (Å²) in [4.78, 5) is 14.4. The third-order valence-corrected chi connectivity index (χ3v) is 4.18. The average molecular weight is 230 g/mol. The predicted octanol–water partition coefficient (Wildman–Crippen LogP) is 2.53. The summed E-state index contributed by atoms with van der Waals surface area (Å²) in [5.41, 5.74) is 1.73. The van der Waals surface area contributed by atoms with Gasteiger partial charge in [-0.2, -0.15) is 0 Å². The number of hydrogen-bond acceptors (Lipinski definition) is 2. The van der Waals surface area contributed by atoms with Crippen LogP contribution in [0.4, 0.5) is 5.69 Å². The van der Waals surface area contributed by atoms with E-state index >= 15 is 0 Å². The highest BCUT2D eigenvalue weighted by molar-refractivity contribution is 6.02.